The molecule has 0 N–H and O–H groups in total. The molecule has 1 rings (SSSR count). The minimum atomic E-state index is 0.205. The molecule has 0 radical (unpaired) electrons. The van der Waals surface area contributed by atoms with Crippen molar-refractivity contribution in [2.75, 3.05) is 0 Å². The first-order chi connectivity index (χ1) is 7.38. The molecule has 0 amide bonds. The highest BCUT2D eigenvalue weighted by Gasteiger charge is 2.23. The Morgan fingerprint density at radius 2 is 1.94 bits per heavy atom. The second kappa shape index (κ2) is 5.03. The second-order valence-electron chi connectivity index (χ2n) is 5.82. The molecule has 1 aromatic rings. The van der Waals surface area contributed by atoms with Gasteiger partial charge in [-0.2, -0.15) is 0 Å². The largest absolute Gasteiger partial charge is 0.334 e. The van der Waals surface area contributed by atoms with Crippen LogP contribution in [-0.4, -0.2) is 9.55 Å². The summed E-state index contributed by atoms with van der Waals surface area (Å²) in [6.45, 7) is 13.5. The Hall–Kier alpha value is -0.790. The monoisotopic (exact) mass is 222 g/mol. The number of aromatic nitrogens is 2. The van der Waals surface area contributed by atoms with E-state index in [1.165, 1.54) is 18.5 Å². The molecule has 0 aromatic carbocycles. The molecule has 92 valence electrons. The summed E-state index contributed by atoms with van der Waals surface area (Å²) in [4.78, 5) is 4.57. The molecule has 2 heteroatoms. The van der Waals surface area contributed by atoms with E-state index < -0.39 is 0 Å². The van der Waals surface area contributed by atoms with Crippen molar-refractivity contribution in [3.63, 3.8) is 0 Å². The smallest absolute Gasteiger partial charge is 0.0952 e. The number of hydrogen-bond acceptors (Lipinski definition) is 1. The summed E-state index contributed by atoms with van der Waals surface area (Å²) in [5, 5.41) is 0. The zero-order valence-corrected chi connectivity index (χ0v) is 11.6. The minimum Gasteiger partial charge on any atom is -0.334 e. The third kappa shape index (κ3) is 2.87. The Labute approximate surface area is 100 Å². The van der Waals surface area contributed by atoms with Crippen molar-refractivity contribution in [1.82, 2.24) is 9.55 Å². The Kier molecular flexibility index (Phi) is 4.17. The highest BCUT2D eigenvalue weighted by Crippen LogP contribution is 2.28. The summed E-state index contributed by atoms with van der Waals surface area (Å²) >= 11 is 0. The molecule has 1 atom stereocenters. The quantitative estimate of drug-likeness (QED) is 0.731. The van der Waals surface area contributed by atoms with Crippen LogP contribution in [0.3, 0.4) is 0 Å². The molecule has 1 aromatic heterocycles. The normalized spacial score (nSPS) is 14.4. The van der Waals surface area contributed by atoms with Gasteiger partial charge >= 0.3 is 0 Å². The first-order valence-corrected chi connectivity index (χ1v) is 6.42. The molecule has 0 saturated carbocycles. The third-order valence-corrected chi connectivity index (χ3v) is 3.60. The van der Waals surface area contributed by atoms with Gasteiger partial charge in [-0.15, -0.1) is 0 Å². The Balaban J connectivity index is 2.86. The van der Waals surface area contributed by atoms with Crippen molar-refractivity contribution >= 4 is 0 Å². The first-order valence-electron chi connectivity index (χ1n) is 6.42. The van der Waals surface area contributed by atoms with E-state index in [-0.39, 0.29) is 5.41 Å². The van der Waals surface area contributed by atoms with Gasteiger partial charge in [-0.25, -0.2) is 4.98 Å². The van der Waals surface area contributed by atoms with E-state index in [9.17, 15) is 0 Å². The SMILES string of the molecule is CCCC(C)(C)c1cn(C(C)C(C)C)cn1. The number of nitrogens with zero attached hydrogens (tertiary/aromatic N) is 2. The van der Waals surface area contributed by atoms with Crippen LogP contribution in [0.4, 0.5) is 0 Å². The maximum Gasteiger partial charge on any atom is 0.0952 e. The van der Waals surface area contributed by atoms with Gasteiger partial charge in [0.05, 0.1) is 12.0 Å². The molecule has 0 saturated heterocycles. The predicted molar refractivity (Wildman–Crippen MR) is 69.7 cm³/mol. The van der Waals surface area contributed by atoms with E-state index in [2.05, 4.69) is 57.3 Å². The third-order valence-electron chi connectivity index (χ3n) is 3.60. The Morgan fingerprint density at radius 3 is 2.44 bits per heavy atom. The summed E-state index contributed by atoms with van der Waals surface area (Å²) < 4.78 is 2.25. The van der Waals surface area contributed by atoms with Crippen LogP contribution in [0.25, 0.3) is 0 Å². The molecule has 0 aliphatic carbocycles. The van der Waals surface area contributed by atoms with Gasteiger partial charge < -0.3 is 4.57 Å². The number of imidazole rings is 1. The van der Waals surface area contributed by atoms with Crippen LogP contribution in [-0.2, 0) is 5.41 Å². The van der Waals surface area contributed by atoms with Crippen molar-refractivity contribution in [3.05, 3.63) is 18.2 Å². The highest BCUT2D eigenvalue weighted by atomic mass is 15.1. The van der Waals surface area contributed by atoms with Gasteiger partial charge in [0.25, 0.3) is 0 Å². The fraction of sp³-hybridized carbons (Fsp3) is 0.786. The van der Waals surface area contributed by atoms with E-state index in [0.717, 1.165) is 0 Å². The van der Waals surface area contributed by atoms with Gasteiger partial charge in [-0.05, 0) is 19.3 Å². The van der Waals surface area contributed by atoms with E-state index in [4.69, 9.17) is 0 Å². The van der Waals surface area contributed by atoms with E-state index in [1.807, 2.05) is 6.33 Å². The second-order valence-corrected chi connectivity index (χ2v) is 5.82. The van der Waals surface area contributed by atoms with Crippen LogP contribution in [0.15, 0.2) is 12.5 Å². The molecule has 0 bridgehead atoms. The number of hydrogen-bond donors (Lipinski definition) is 0. The average Bonchev–Trinajstić information content (AvgIpc) is 2.65. The fourth-order valence-corrected chi connectivity index (χ4v) is 2.01. The fourth-order valence-electron chi connectivity index (χ4n) is 2.01. The Bertz CT molecular complexity index is 323. The van der Waals surface area contributed by atoms with Crippen LogP contribution >= 0.6 is 0 Å². The average molecular weight is 222 g/mol. The van der Waals surface area contributed by atoms with E-state index >= 15 is 0 Å². The van der Waals surface area contributed by atoms with Crippen molar-refractivity contribution < 1.29 is 0 Å². The zero-order chi connectivity index (χ0) is 12.3. The molecule has 0 aliphatic heterocycles. The first kappa shape index (κ1) is 13.3. The molecular formula is C14H26N2. The van der Waals surface area contributed by atoms with Crippen molar-refractivity contribution in [1.29, 1.82) is 0 Å². The summed E-state index contributed by atoms with van der Waals surface area (Å²) in [6.07, 6.45) is 6.61. The van der Waals surface area contributed by atoms with Gasteiger partial charge in [0, 0.05) is 17.7 Å². The lowest BCUT2D eigenvalue weighted by Gasteiger charge is -2.22. The molecule has 2 nitrogen and oxygen atoms in total. The standard InChI is InChI=1S/C14H26N2/c1-7-8-14(5,6)13-9-16(10-15-13)12(4)11(2)3/h9-12H,7-8H2,1-6H3. The maximum atomic E-state index is 4.57. The maximum absolute atomic E-state index is 4.57. The summed E-state index contributed by atoms with van der Waals surface area (Å²) in [5.74, 6) is 0.649. The van der Waals surface area contributed by atoms with E-state index in [1.54, 1.807) is 0 Å². The van der Waals surface area contributed by atoms with Crippen LogP contribution in [0.5, 0.6) is 0 Å². The van der Waals surface area contributed by atoms with Gasteiger partial charge in [0.1, 0.15) is 0 Å². The van der Waals surface area contributed by atoms with Crippen LogP contribution in [0.2, 0.25) is 0 Å². The lowest BCUT2D eigenvalue weighted by Crippen LogP contribution is -2.17. The molecule has 1 heterocycles. The summed E-state index contributed by atoms with van der Waals surface area (Å²) in [7, 11) is 0. The van der Waals surface area contributed by atoms with Crippen molar-refractivity contribution in [3.8, 4) is 0 Å². The summed E-state index contributed by atoms with van der Waals surface area (Å²) in [6, 6.07) is 0.527. The zero-order valence-electron chi connectivity index (χ0n) is 11.6. The highest BCUT2D eigenvalue weighted by molar-refractivity contribution is 5.11. The van der Waals surface area contributed by atoms with Gasteiger partial charge in [0.2, 0.25) is 0 Å². The number of rotatable bonds is 5. The topological polar surface area (TPSA) is 17.8 Å². The van der Waals surface area contributed by atoms with Gasteiger partial charge in [-0.3, -0.25) is 0 Å². The molecular weight excluding hydrogens is 196 g/mol. The van der Waals surface area contributed by atoms with Crippen molar-refractivity contribution in [2.24, 2.45) is 5.92 Å². The summed E-state index contributed by atoms with van der Waals surface area (Å²) in [5.41, 5.74) is 1.43. The molecule has 0 spiro atoms. The van der Waals surface area contributed by atoms with Crippen LogP contribution < -0.4 is 0 Å². The molecule has 1 unspecified atom stereocenters. The van der Waals surface area contributed by atoms with Gasteiger partial charge in [0.15, 0.2) is 0 Å². The van der Waals surface area contributed by atoms with Crippen LogP contribution in [0.1, 0.15) is 66.1 Å². The lowest BCUT2D eigenvalue weighted by molar-refractivity contribution is 0.405. The minimum absolute atomic E-state index is 0.205. The van der Waals surface area contributed by atoms with E-state index in [0.29, 0.717) is 12.0 Å². The van der Waals surface area contributed by atoms with Crippen molar-refractivity contribution in [2.45, 2.75) is 65.8 Å². The van der Waals surface area contributed by atoms with Crippen LogP contribution in [0, 0.1) is 5.92 Å². The van der Waals surface area contributed by atoms with Gasteiger partial charge in [-0.1, -0.05) is 41.0 Å². The molecule has 0 aliphatic rings. The lowest BCUT2D eigenvalue weighted by atomic mass is 9.85. The Morgan fingerprint density at radius 1 is 1.31 bits per heavy atom. The molecule has 0 fully saturated rings. The predicted octanol–water partition coefficient (Wildman–Crippen LogP) is 4.18. The molecule has 16 heavy (non-hydrogen) atoms.